The van der Waals surface area contributed by atoms with Gasteiger partial charge in [0.05, 0.1) is 0 Å². The minimum absolute atomic E-state index is 0. The first-order valence-electron chi connectivity index (χ1n) is 7.46. The molecule has 7 nitrogen and oxygen atoms in total. The lowest BCUT2D eigenvalue weighted by Gasteiger charge is -2.29. The number of piperidine rings is 1. The number of hydrogen-bond acceptors (Lipinski definition) is 4. The molecule has 1 aromatic carbocycles. The van der Waals surface area contributed by atoms with Gasteiger partial charge in [0.1, 0.15) is 6.04 Å². The molecule has 128 valence electrons. The zero-order chi connectivity index (χ0) is 16.6. The van der Waals surface area contributed by atoms with Crippen molar-refractivity contribution in [1.82, 2.24) is 15.5 Å². The van der Waals surface area contributed by atoms with Crippen molar-refractivity contribution in [2.24, 2.45) is 0 Å². The van der Waals surface area contributed by atoms with E-state index < -0.39 is 11.9 Å². The van der Waals surface area contributed by atoms with Gasteiger partial charge in [0.2, 0.25) is 17.7 Å². The van der Waals surface area contributed by atoms with Crippen LogP contribution in [0.3, 0.4) is 0 Å². The third-order valence-corrected chi connectivity index (χ3v) is 4.13. The summed E-state index contributed by atoms with van der Waals surface area (Å²) in [5, 5.41) is 4.99. The minimum Gasteiger partial charge on any atom is -0.352 e. The first kappa shape index (κ1) is 17.9. The lowest BCUT2D eigenvalue weighted by Crippen LogP contribution is -2.52. The SMILES string of the molecule is CC(=O)NCc1ccc2c(c1)CN(C1CCC(=O)NC1=O)C2=O.Cl. The smallest absolute Gasteiger partial charge is 0.255 e. The lowest BCUT2D eigenvalue weighted by atomic mass is 10.0. The fraction of sp³-hybridized carbons (Fsp3) is 0.375. The second-order valence-corrected chi connectivity index (χ2v) is 5.80. The Balaban J connectivity index is 0.00000208. The third kappa shape index (κ3) is 3.41. The van der Waals surface area contributed by atoms with Gasteiger partial charge in [-0.15, -0.1) is 12.4 Å². The summed E-state index contributed by atoms with van der Waals surface area (Å²) in [6.07, 6.45) is 0.591. The van der Waals surface area contributed by atoms with Crippen LogP contribution in [-0.4, -0.2) is 34.6 Å². The van der Waals surface area contributed by atoms with E-state index in [-0.39, 0.29) is 36.5 Å². The largest absolute Gasteiger partial charge is 0.352 e. The summed E-state index contributed by atoms with van der Waals surface area (Å²) in [6.45, 7) is 2.19. The molecule has 1 fully saturated rings. The van der Waals surface area contributed by atoms with Crippen LogP contribution in [0, 0.1) is 0 Å². The molecule has 2 aliphatic heterocycles. The predicted molar refractivity (Wildman–Crippen MR) is 87.3 cm³/mol. The molecule has 2 heterocycles. The summed E-state index contributed by atoms with van der Waals surface area (Å²) < 4.78 is 0. The highest BCUT2D eigenvalue weighted by molar-refractivity contribution is 6.05. The molecule has 0 radical (unpaired) electrons. The Morgan fingerprint density at radius 3 is 2.75 bits per heavy atom. The minimum atomic E-state index is -0.605. The van der Waals surface area contributed by atoms with Crippen LogP contribution in [0.5, 0.6) is 0 Å². The second kappa shape index (κ2) is 7.00. The van der Waals surface area contributed by atoms with Crippen LogP contribution in [0.4, 0.5) is 0 Å². The van der Waals surface area contributed by atoms with Crippen molar-refractivity contribution in [3.63, 3.8) is 0 Å². The number of fused-ring (bicyclic) bond motifs is 1. The first-order valence-corrected chi connectivity index (χ1v) is 7.46. The maximum Gasteiger partial charge on any atom is 0.255 e. The number of benzene rings is 1. The maximum atomic E-state index is 12.5. The summed E-state index contributed by atoms with van der Waals surface area (Å²) in [6, 6.07) is 4.78. The molecular weight excluding hydrogens is 334 g/mol. The maximum absolute atomic E-state index is 12.5. The van der Waals surface area contributed by atoms with Gasteiger partial charge in [-0.3, -0.25) is 24.5 Å². The highest BCUT2D eigenvalue weighted by Gasteiger charge is 2.38. The summed E-state index contributed by atoms with van der Waals surface area (Å²) in [7, 11) is 0. The van der Waals surface area contributed by atoms with Gasteiger partial charge in [0.15, 0.2) is 0 Å². The topological polar surface area (TPSA) is 95.6 Å². The Morgan fingerprint density at radius 2 is 2.08 bits per heavy atom. The first-order chi connectivity index (χ1) is 11.0. The van der Waals surface area contributed by atoms with E-state index in [2.05, 4.69) is 10.6 Å². The molecule has 0 bridgehead atoms. The molecule has 0 aliphatic carbocycles. The number of amides is 4. The van der Waals surface area contributed by atoms with Crippen LogP contribution < -0.4 is 10.6 Å². The van der Waals surface area contributed by atoms with Gasteiger partial charge in [0, 0.05) is 32.0 Å². The van der Waals surface area contributed by atoms with Crippen molar-refractivity contribution in [3.8, 4) is 0 Å². The number of imide groups is 1. The Hall–Kier alpha value is -2.41. The predicted octanol–water partition coefficient (Wildman–Crippen LogP) is 0.505. The Kier molecular flexibility index (Phi) is 5.23. The number of nitrogens with one attached hydrogen (secondary N) is 2. The van der Waals surface area contributed by atoms with Crippen molar-refractivity contribution in [2.75, 3.05) is 0 Å². The van der Waals surface area contributed by atoms with Gasteiger partial charge in [0.25, 0.3) is 5.91 Å². The highest BCUT2D eigenvalue weighted by Crippen LogP contribution is 2.28. The van der Waals surface area contributed by atoms with E-state index in [1.165, 1.54) is 11.8 Å². The molecule has 4 amide bonds. The van der Waals surface area contributed by atoms with Crippen LogP contribution in [0.15, 0.2) is 18.2 Å². The van der Waals surface area contributed by atoms with Crippen LogP contribution >= 0.6 is 12.4 Å². The van der Waals surface area contributed by atoms with Crippen LogP contribution in [0.25, 0.3) is 0 Å². The molecule has 1 atom stereocenters. The molecule has 2 N–H and O–H groups in total. The average Bonchev–Trinajstić information content (AvgIpc) is 2.82. The van der Waals surface area contributed by atoms with E-state index in [1.54, 1.807) is 12.1 Å². The fourth-order valence-electron chi connectivity index (χ4n) is 2.96. The van der Waals surface area contributed by atoms with Gasteiger partial charge in [-0.2, -0.15) is 0 Å². The van der Waals surface area contributed by atoms with Crippen molar-refractivity contribution in [2.45, 2.75) is 38.9 Å². The molecule has 0 saturated carbocycles. The number of halogens is 1. The van der Waals surface area contributed by atoms with Crippen molar-refractivity contribution < 1.29 is 19.2 Å². The number of rotatable bonds is 3. The van der Waals surface area contributed by atoms with E-state index in [0.29, 0.717) is 25.1 Å². The summed E-state index contributed by atoms with van der Waals surface area (Å²) in [5.74, 6) is -1.03. The average molecular weight is 352 g/mol. The second-order valence-electron chi connectivity index (χ2n) is 5.80. The molecule has 1 aromatic rings. The zero-order valence-electron chi connectivity index (χ0n) is 13.1. The van der Waals surface area contributed by atoms with E-state index in [4.69, 9.17) is 0 Å². The molecule has 1 saturated heterocycles. The van der Waals surface area contributed by atoms with Crippen molar-refractivity contribution in [1.29, 1.82) is 0 Å². The van der Waals surface area contributed by atoms with E-state index in [9.17, 15) is 19.2 Å². The Morgan fingerprint density at radius 1 is 1.33 bits per heavy atom. The third-order valence-electron chi connectivity index (χ3n) is 4.13. The molecule has 8 heteroatoms. The molecule has 0 spiro atoms. The van der Waals surface area contributed by atoms with Crippen molar-refractivity contribution >= 4 is 36.0 Å². The zero-order valence-corrected chi connectivity index (χ0v) is 13.9. The molecule has 24 heavy (non-hydrogen) atoms. The Labute approximate surface area is 145 Å². The number of hydrogen-bond donors (Lipinski definition) is 2. The molecule has 1 unspecified atom stereocenters. The van der Waals surface area contributed by atoms with Gasteiger partial charge >= 0.3 is 0 Å². The fourth-order valence-corrected chi connectivity index (χ4v) is 2.96. The quantitative estimate of drug-likeness (QED) is 0.775. The van der Waals surface area contributed by atoms with Gasteiger partial charge < -0.3 is 10.2 Å². The Bertz CT molecular complexity index is 719. The lowest BCUT2D eigenvalue weighted by molar-refractivity contribution is -0.137. The van der Waals surface area contributed by atoms with Gasteiger partial charge in [-0.1, -0.05) is 12.1 Å². The van der Waals surface area contributed by atoms with E-state index >= 15 is 0 Å². The number of carbonyl (C=O) groups is 4. The summed E-state index contributed by atoms with van der Waals surface area (Å²) in [5.41, 5.74) is 2.31. The standard InChI is InChI=1S/C16H17N3O4.ClH/c1-9(20)17-7-10-2-3-12-11(6-10)8-19(16(12)23)13-4-5-14(21)18-15(13)22;/h2-3,6,13H,4-5,7-8H2,1H3,(H,17,20)(H,18,21,22);1H. The normalized spacial score (nSPS) is 19.5. The van der Waals surface area contributed by atoms with E-state index in [0.717, 1.165) is 11.1 Å². The number of nitrogens with zero attached hydrogens (tertiary/aromatic N) is 1. The van der Waals surface area contributed by atoms with E-state index in [1.807, 2.05) is 6.07 Å². The summed E-state index contributed by atoms with van der Waals surface area (Å²) in [4.78, 5) is 48.2. The monoisotopic (exact) mass is 351 g/mol. The van der Waals surface area contributed by atoms with Crippen LogP contribution in [-0.2, 0) is 27.5 Å². The van der Waals surface area contributed by atoms with Crippen LogP contribution in [0.2, 0.25) is 0 Å². The molecule has 0 aromatic heterocycles. The highest BCUT2D eigenvalue weighted by atomic mass is 35.5. The summed E-state index contributed by atoms with van der Waals surface area (Å²) >= 11 is 0. The van der Waals surface area contributed by atoms with Gasteiger partial charge in [-0.25, -0.2) is 0 Å². The number of carbonyl (C=O) groups excluding carboxylic acids is 4. The van der Waals surface area contributed by atoms with Crippen LogP contribution in [0.1, 0.15) is 41.3 Å². The molecule has 2 aliphatic rings. The van der Waals surface area contributed by atoms with Crippen molar-refractivity contribution in [3.05, 3.63) is 34.9 Å². The molecular formula is C16H18ClN3O4. The van der Waals surface area contributed by atoms with Gasteiger partial charge in [-0.05, 0) is 23.6 Å². The molecule has 3 rings (SSSR count).